The number of rotatable bonds is 6. The smallest absolute Gasteiger partial charge is 0.191 e. The van der Waals surface area contributed by atoms with E-state index in [4.69, 9.17) is 0 Å². The molecule has 2 aromatic rings. The van der Waals surface area contributed by atoms with E-state index in [1.807, 2.05) is 6.92 Å². The number of nitrogens with zero attached hydrogens (tertiary/aromatic N) is 1. The molecule has 0 spiro atoms. The van der Waals surface area contributed by atoms with Crippen LogP contribution < -0.4 is 10.6 Å². The van der Waals surface area contributed by atoms with E-state index in [2.05, 4.69) is 47.7 Å². The van der Waals surface area contributed by atoms with Gasteiger partial charge in [0.05, 0.1) is 12.6 Å². The van der Waals surface area contributed by atoms with Gasteiger partial charge in [-0.2, -0.15) is 0 Å². The van der Waals surface area contributed by atoms with E-state index in [1.165, 1.54) is 28.8 Å². The molecule has 0 aromatic heterocycles. The van der Waals surface area contributed by atoms with E-state index in [1.54, 1.807) is 12.1 Å². The second-order valence-electron chi connectivity index (χ2n) is 6.07. The van der Waals surface area contributed by atoms with Gasteiger partial charge in [-0.15, -0.1) is 0 Å². The molecule has 1 atom stereocenters. The van der Waals surface area contributed by atoms with Gasteiger partial charge in [0.1, 0.15) is 5.82 Å². The molecule has 2 rings (SSSR count). The fraction of sp³-hybridized carbons (Fsp3) is 0.350. The molecule has 2 aromatic carbocycles. The number of benzene rings is 2. The van der Waals surface area contributed by atoms with Crippen molar-refractivity contribution in [3.63, 3.8) is 0 Å². The van der Waals surface area contributed by atoms with Crippen LogP contribution in [-0.4, -0.2) is 24.2 Å². The molecule has 4 nitrogen and oxygen atoms in total. The minimum absolute atomic E-state index is 0.296. The number of aliphatic hydroxyl groups excluding tert-OH is 1. The Hall–Kier alpha value is -2.40. The maximum Gasteiger partial charge on any atom is 0.191 e. The number of guanidine groups is 1. The molecule has 0 amide bonds. The van der Waals surface area contributed by atoms with E-state index < -0.39 is 6.10 Å². The van der Waals surface area contributed by atoms with Gasteiger partial charge in [-0.05, 0) is 49.6 Å². The third kappa shape index (κ3) is 5.87. The molecule has 0 saturated carbocycles. The van der Waals surface area contributed by atoms with Gasteiger partial charge < -0.3 is 15.7 Å². The first kappa shape index (κ1) is 18.9. The van der Waals surface area contributed by atoms with Crippen molar-refractivity contribution in [2.24, 2.45) is 4.99 Å². The third-order valence-electron chi connectivity index (χ3n) is 3.97. The highest BCUT2D eigenvalue weighted by Crippen LogP contribution is 2.13. The maximum atomic E-state index is 13.0. The first-order valence-electron chi connectivity index (χ1n) is 8.51. The average Bonchev–Trinajstić information content (AvgIpc) is 2.59. The van der Waals surface area contributed by atoms with Gasteiger partial charge in [-0.25, -0.2) is 9.38 Å². The van der Waals surface area contributed by atoms with E-state index in [-0.39, 0.29) is 5.82 Å². The summed E-state index contributed by atoms with van der Waals surface area (Å²) in [5.41, 5.74) is 4.28. The molecule has 1 unspecified atom stereocenters. The third-order valence-corrected chi connectivity index (χ3v) is 3.97. The summed E-state index contributed by atoms with van der Waals surface area (Å²) in [6.45, 7) is 7.73. The molecule has 0 heterocycles. The fourth-order valence-electron chi connectivity index (χ4n) is 2.53. The molecule has 0 saturated heterocycles. The van der Waals surface area contributed by atoms with Crippen molar-refractivity contribution in [2.45, 2.75) is 33.4 Å². The second kappa shape index (κ2) is 9.18. The quantitative estimate of drug-likeness (QED) is 0.557. The van der Waals surface area contributed by atoms with Gasteiger partial charge in [0.15, 0.2) is 5.96 Å². The van der Waals surface area contributed by atoms with E-state index in [9.17, 15) is 9.50 Å². The second-order valence-corrected chi connectivity index (χ2v) is 6.07. The lowest BCUT2D eigenvalue weighted by molar-refractivity contribution is 0.180. The zero-order chi connectivity index (χ0) is 18.2. The van der Waals surface area contributed by atoms with E-state index >= 15 is 0 Å². The van der Waals surface area contributed by atoms with Crippen LogP contribution in [0.5, 0.6) is 0 Å². The fourth-order valence-corrected chi connectivity index (χ4v) is 2.53. The predicted octanol–water partition coefficient (Wildman–Crippen LogP) is 3.23. The van der Waals surface area contributed by atoms with Crippen molar-refractivity contribution in [1.29, 1.82) is 0 Å². The first-order valence-corrected chi connectivity index (χ1v) is 8.51. The normalized spacial score (nSPS) is 12.8. The number of aliphatic imine (C=N–C) groups is 1. The van der Waals surface area contributed by atoms with Crippen molar-refractivity contribution in [1.82, 2.24) is 10.6 Å². The Balaban J connectivity index is 1.98. The highest BCUT2D eigenvalue weighted by Gasteiger charge is 2.09. The van der Waals surface area contributed by atoms with E-state index in [0.717, 1.165) is 6.54 Å². The molecule has 134 valence electrons. The summed E-state index contributed by atoms with van der Waals surface area (Å²) >= 11 is 0. The number of aliphatic hydroxyl groups is 1. The van der Waals surface area contributed by atoms with Gasteiger partial charge >= 0.3 is 0 Å². The highest BCUT2D eigenvalue weighted by molar-refractivity contribution is 5.79. The van der Waals surface area contributed by atoms with Crippen molar-refractivity contribution in [3.05, 3.63) is 70.5 Å². The van der Waals surface area contributed by atoms with Crippen LogP contribution in [0.4, 0.5) is 4.39 Å². The molecular weight excluding hydrogens is 317 g/mol. The monoisotopic (exact) mass is 343 g/mol. The molecule has 0 radical (unpaired) electrons. The summed E-state index contributed by atoms with van der Waals surface area (Å²) in [7, 11) is 0. The average molecular weight is 343 g/mol. The van der Waals surface area contributed by atoms with Crippen molar-refractivity contribution in [3.8, 4) is 0 Å². The molecule has 0 aliphatic rings. The van der Waals surface area contributed by atoms with Gasteiger partial charge in [0.25, 0.3) is 0 Å². The van der Waals surface area contributed by atoms with Crippen LogP contribution in [0, 0.1) is 19.7 Å². The van der Waals surface area contributed by atoms with Gasteiger partial charge in [-0.3, -0.25) is 0 Å². The molecular formula is C20H26FN3O. The van der Waals surface area contributed by atoms with Crippen molar-refractivity contribution >= 4 is 5.96 Å². The van der Waals surface area contributed by atoms with Gasteiger partial charge in [-0.1, -0.05) is 35.9 Å². The summed E-state index contributed by atoms with van der Waals surface area (Å²) in [5.74, 6) is 0.330. The van der Waals surface area contributed by atoms with Crippen molar-refractivity contribution < 1.29 is 9.50 Å². The lowest BCUT2D eigenvalue weighted by Gasteiger charge is -2.16. The number of hydrogen-bond donors (Lipinski definition) is 3. The molecule has 5 heteroatoms. The van der Waals surface area contributed by atoms with Crippen LogP contribution in [-0.2, 0) is 6.54 Å². The SMILES string of the molecule is CCNC(=NCc1ccc(C)cc1C)NCC(O)c1ccc(F)cc1. The van der Waals surface area contributed by atoms with Crippen LogP contribution in [0.25, 0.3) is 0 Å². The zero-order valence-corrected chi connectivity index (χ0v) is 15.0. The first-order chi connectivity index (χ1) is 12.0. The maximum absolute atomic E-state index is 13.0. The molecule has 0 fully saturated rings. The summed E-state index contributed by atoms with van der Waals surface area (Å²) in [4.78, 5) is 4.58. The number of halogens is 1. The Morgan fingerprint density at radius 1 is 1.12 bits per heavy atom. The van der Waals surface area contributed by atoms with Gasteiger partial charge in [0.2, 0.25) is 0 Å². The molecule has 3 N–H and O–H groups in total. The number of hydrogen-bond acceptors (Lipinski definition) is 2. The van der Waals surface area contributed by atoms with Crippen LogP contribution in [0.3, 0.4) is 0 Å². The molecule has 25 heavy (non-hydrogen) atoms. The molecule has 0 aliphatic heterocycles. The Morgan fingerprint density at radius 3 is 2.48 bits per heavy atom. The van der Waals surface area contributed by atoms with Crippen LogP contribution in [0.15, 0.2) is 47.5 Å². The summed E-state index contributed by atoms with van der Waals surface area (Å²) in [6, 6.07) is 12.2. The van der Waals surface area contributed by atoms with E-state index in [0.29, 0.717) is 24.6 Å². The Morgan fingerprint density at radius 2 is 1.84 bits per heavy atom. The summed E-state index contributed by atoms with van der Waals surface area (Å²) in [6.07, 6.45) is -0.731. The highest BCUT2D eigenvalue weighted by atomic mass is 19.1. The number of nitrogens with one attached hydrogen (secondary N) is 2. The minimum Gasteiger partial charge on any atom is -0.387 e. The molecule has 0 bridgehead atoms. The Labute approximate surface area is 148 Å². The lowest BCUT2D eigenvalue weighted by Crippen LogP contribution is -2.39. The molecule has 0 aliphatic carbocycles. The Kier molecular flexibility index (Phi) is 6.95. The topological polar surface area (TPSA) is 56.7 Å². The standard InChI is InChI=1S/C20H26FN3O/c1-4-22-20(23-12-17-6-5-14(2)11-15(17)3)24-13-19(25)16-7-9-18(21)10-8-16/h5-11,19,25H,4,12-13H2,1-3H3,(H2,22,23,24). The van der Waals surface area contributed by atoms with Crippen molar-refractivity contribution in [2.75, 3.05) is 13.1 Å². The minimum atomic E-state index is -0.731. The van der Waals surface area contributed by atoms with Crippen LogP contribution in [0.1, 0.15) is 35.3 Å². The summed E-state index contributed by atoms with van der Waals surface area (Å²) < 4.78 is 13.0. The number of aryl methyl sites for hydroxylation is 2. The zero-order valence-electron chi connectivity index (χ0n) is 15.0. The van der Waals surface area contributed by atoms with Gasteiger partial charge in [0, 0.05) is 13.1 Å². The summed E-state index contributed by atoms with van der Waals surface area (Å²) in [5, 5.41) is 16.5. The lowest BCUT2D eigenvalue weighted by atomic mass is 10.1. The largest absolute Gasteiger partial charge is 0.387 e. The van der Waals surface area contributed by atoms with Crippen LogP contribution in [0.2, 0.25) is 0 Å². The Bertz CT molecular complexity index is 713. The predicted molar refractivity (Wildman–Crippen MR) is 100 cm³/mol. The van der Waals surface area contributed by atoms with Crippen LogP contribution >= 0.6 is 0 Å².